The Morgan fingerprint density at radius 2 is 1.62 bits per heavy atom. The highest BCUT2D eigenvalue weighted by atomic mass is 16.3. The van der Waals surface area contributed by atoms with Crippen LogP contribution < -0.4 is 0 Å². The Morgan fingerprint density at radius 1 is 1.06 bits per heavy atom. The van der Waals surface area contributed by atoms with E-state index >= 15 is 0 Å². The number of amides is 3. The van der Waals surface area contributed by atoms with Gasteiger partial charge in [-0.05, 0) is 0 Å². The van der Waals surface area contributed by atoms with E-state index in [1.165, 1.54) is 0 Å². The standard InChI is InChI=1S/C10H13NO5/c12-6-5-7(13)1-2-8(14)11-9(15)3-4-10(11)16/h12H,1-6H2. The molecule has 0 bridgehead atoms. The van der Waals surface area contributed by atoms with Crippen molar-refractivity contribution in [2.24, 2.45) is 0 Å². The average molecular weight is 227 g/mol. The van der Waals surface area contributed by atoms with Gasteiger partial charge in [-0.3, -0.25) is 19.2 Å². The molecule has 16 heavy (non-hydrogen) atoms. The zero-order chi connectivity index (χ0) is 12.1. The van der Waals surface area contributed by atoms with E-state index in [1.807, 2.05) is 0 Å². The molecule has 1 saturated heterocycles. The lowest BCUT2D eigenvalue weighted by atomic mass is 10.1. The van der Waals surface area contributed by atoms with Gasteiger partial charge in [0.25, 0.3) is 0 Å². The number of aliphatic hydroxyl groups excluding tert-OH is 1. The quantitative estimate of drug-likeness (QED) is 0.633. The Kier molecular flexibility index (Phi) is 4.30. The van der Waals surface area contributed by atoms with Crippen LogP contribution >= 0.6 is 0 Å². The van der Waals surface area contributed by atoms with Crippen LogP contribution in [0.2, 0.25) is 0 Å². The minimum Gasteiger partial charge on any atom is -0.396 e. The van der Waals surface area contributed by atoms with Crippen molar-refractivity contribution in [2.75, 3.05) is 6.61 Å². The summed E-state index contributed by atoms with van der Waals surface area (Å²) in [6.45, 7) is -0.255. The third kappa shape index (κ3) is 2.96. The molecule has 3 amide bonds. The number of carbonyl (C=O) groups is 4. The molecule has 0 aromatic heterocycles. The van der Waals surface area contributed by atoms with Crippen LogP contribution in [-0.2, 0) is 19.2 Å². The first-order chi connectivity index (χ1) is 7.56. The maximum atomic E-state index is 11.4. The highest BCUT2D eigenvalue weighted by Gasteiger charge is 2.33. The zero-order valence-corrected chi connectivity index (χ0v) is 8.77. The molecular weight excluding hydrogens is 214 g/mol. The molecule has 0 unspecified atom stereocenters. The fraction of sp³-hybridized carbons (Fsp3) is 0.600. The largest absolute Gasteiger partial charge is 0.396 e. The number of imide groups is 3. The molecule has 1 aliphatic heterocycles. The SMILES string of the molecule is O=C(CCO)CCC(=O)N1C(=O)CCC1=O. The van der Waals surface area contributed by atoms with E-state index in [4.69, 9.17) is 5.11 Å². The predicted molar refractivity (Wildman–Crippen MR) is 52.0 cm³/mol. The molecule has 1 fully saturated rings. The number of likely N-dealkylation sites (tertiary alicyclic amines) is 1. The zero-order valence-electron chi connectivity index (χ0n) is 8.77. The summed E-state index contributed by atoms with van der Waals surface area (Å²) in [6, 6.07) is 0. The fourth-order valence-electron chi connectivity index (χ4n) is 1.46. The van der Waals surface area contributed by atoms with Gasteiger partial charge in [0.1, 0.15) is 5.78 Å². The number of nitrogens with zero attached hydrogens (tertiary/aromatic N) is 1. The molecular formula is C10H13NO5. The Hall–Kier alpha value is -1.56. The van der Waals surface area contributed by atoms with Crippen LogP contribution in [0.25, 0.3) is 0 Å². The monoisotopic (exact) mass is 227 g/mol. The fourth-order valence-corrected chi connectivity index (χ4v) is 1.46. The van der Waals surface area contributed by atoms with Gasteiger partial charge >= 0.3 is 0 Å². The van der Waals surface area contributed by atoms with Gasteiger partial charge in [-0.2, -0.15) is 0 Å². The number of carbonyl (C=O) groups excluding carboxylic acids is 4. The van der Waals surface area contributed by atoms with Crippen molar-refractivity contribution in [3.05, 3.63) is 0 Å². The second-order valence-electron chi connectivity index (χ2n) is 3.53. The van der Waals surface area contributed by atoms with Gasteiger partial charge in [-0.25, -0.2) is 4.90 Å². The van der Waals surface area contributed by atoms with Crippen molar-refractivity contribution in [2.45, 2.75) is 32.1 Å². The first-order valence-electron chi connectivity index (χ1n) is 5.07. The van der Waals surface area contributed by atoms with E-state index in [0.29, 0.717) is 4.90 Å². The number of Topliss-reactive ketones (excluding diaryl/α,β-unsaturated/α-hetero) is 1. The molecule has 1 aliphatic rings. The smallest absolute Gasteiger partial charge is 0.236 e. The molecule has 0 aliphatic carbocycles. The lowest BCUT2D eigenvalue weighted by Crippen LogP contribution is -2.35. The highest BCUT2D eigenvalue weighted by Crippen LogP contribution is 2.13. The maximum absolute atomic E-state index is 11.4. The van der Waals surface area contributed by atoms with Crippen LogP contribution in [0, 0.1) is 0 Å². The maximum Gasteiger partial charge on any atom is 0.236 e. The Labute approximate surface area is 92.2 Å². The van der Waals surface area contributed by atoms with E-state index in [-0.39, 0.29) is 44.5 Å². The second-order valence-corrected chi connectivity index (χ2v) is 3.53. The summed E-state index contributed by atoms with van der Waals surface area (Å²) in [4.78, 5) is 45.4. The van der Waals surface area contributed by atoms with Crippen LogP contribution in [0.15, 0.2) is 0 Å². The van der Waals surface area contributed by atoms with Crippen molar-refractivity contribution in [1.82, 2.24) is 4.90 Å². The molecule has 6 nitrogen and oxygen atoms in total. The minimum atomic E-state index is -0.626. The van der Waals surface area contributed by atoms with E-state index in [0.717, 1.165) is 0 Å². The average Bonchev–Trinajstić information content (AvgIpc) is 2.56. The third-order valence-electron chi connectivity index (χ3n) is 2.31. The summed E-state index contributed by atoms with van der Waals surface area (Å²) in [5.41, 5.74) is 0. The summed E-state index contributed by atoms with van der Waals surface area (Å²) >= 11 is 0. The Morgan fingerprint density at radius 3 is 2.12 bits per heavy atom. The summed E-state index contributed by atoms with van der Waals surface area (Å²) < 4.78 is 0. The number of hydrogen-bond acceptors (Lipinski definition) is 5. The second kappa shape index (κ2) is 5.50. The van der Waals surface area contributed by atoms with E-state index < -0.39 is 17.7 Å². The molecule has 0 radical (unpaired) electrons. The first-order valence-corrected chi connectivity index (χ1v) is 5.07. The topological polar surface area (TPSA) is 91.8 Å². The van der Waals surface area contributed by atoms with Crippen LogP contribution in [-0.4, -0.2) is 40.1 Å². The molecule has 88 valence electrons. The molecule has 0 aromatic rings. The number of aliphatic hydroxyl groups is 1. The van der Waals surface area contributed by atoms with Crippen molar-refractivity contribution in [3.8, 4) is 0 Å². The van der Waals surface area contributed by atoms with E-state index in [2.05, 4.69) is 0 Å². The van der Waals surface area contributed by atoms with Crippen molar-refractivity contribution >= 4 is 23.5 Å². The number of ketones is 1. The van der Waals surface area contributed by atoms with Gasteiger partial charge in [0.2, 0.25) is 17.7 Å². The van der Waals surface area contributed by atoms with Crippen LogP contribution in [0.1, 0.15) is 32.1 Å². The molecule has 0 saturated carbocycles. The van der Waals surface area contributed by atoms with Gasteiger partial charge < -0.3 is 5.11 Å². The Bertz CT molecular complexity index is 320. The molecule has 0 aromatic carbocycles. The summed E-state index contributed by atoms with van der Waals surface area (Å²) in [5.74, 6) is -1.87. The first kappa shape index (κ1) is 12.5. The highest BCUT2D eigenvalue weighted by molar-refractivity contribution is 6.15. The summed E-state index contributed by atoms with van der Waals surface area (Å²) in [5, 5.41) is 8.47. The van der Waals surface area contributed by atoms with Gasteiger partial charge in [-0.15, -0.1) is 0 Å². The molecule has 0 atom stereocenters. The normalized spacial score (nSPS) is 15.7. The Balaban J connectivity index is 2.43. The van der Waals surface area contributed by atoms with E-state index in [9.17, 15) is 19.2 Å². The molecule has 1 heterocycles. The van der Waals surface area contributed by atoms with Crippen molar-refractivity contribution in [3.63, 3.8) is 0 Å². The molecule has 1 N–H and O–H groups in total. The van der Waals surface area contributed by atoms with Gasteiger partial charge in [-0.1, -0.05) is 0 Å². The predicted octanol–water partition coefficient (Wildman–Crippen LogP) is -0.606. The third-order valence-corrected chi connectivity index (χ3v) is 2.31. The van der Waals surface area contributed by atoms with Gasteiger partial charge in [0, 0.05) is 38.7 Å². The van der Waals surface area contributed by atoms with Crippen molar-refractivity contribution < 1.29 is 24.3 Å². The van der Waals surface area contributed by atoms with Crippen LogP contribution in [0.4, 0.5) is 0 Å². The minimum absolute atomic E-state index is 0.00479. The number of hydrogen-bond donors (Lipinski definition) is 1. The van der Waals surface area contributed by atoms with Crippen molar-refractivity contribution in [1.29, 1.82) is 0 Å². The van der Waals surface area contributed by atoms with Crippen LogP contribution in [0.3, 0.4) is 0 Å². The molecule has 0 spiro atoms. The lowest BCUT2D eigenvalue weighted by Gasteiger charge is -2.10. The summed E-state index contributed by atoms with van der Waals surface area (Å²) in [7, 11) is 0. The molecule has 1 rings (SSSR count). The summed E-state index contributed by atoms with van der Waals surface area (Å²) in [6.07, 6.45) is -0.0771. The van der Waals surface area contributed by atoms with Gasteiger partial charge in [0.15, 0.2) is 0 Å². The van der Waals surface area contributed by atoms with Crippen LogP contribution in [0.5, 0.6) is 0 Å². The van der Waals surface area contributed by atoms with Gasteiger partial charge in [0.05, 0.1) is 0 Å². The van der Waals surface area contributed by atoms with E-state index in [1.54, 1.807) is 0 Å². The number of rotatable bonds is 5. The molecule has 6 heteroatoms. The lowest BCUT2D eigenvalue weighted by molar-refractivity contribution is -0.150.